The third-order valence-corrected chi connectivity index (χ3v) is 2.98. The zero-order valence-corrected chi connectivity index (χ0v) is 10.1. The number of amides is 1. The van der Waals surface area contributed by atoms with Crippen LogP contribution in [-0.2, 0) is 9.59 Å². The molecule has 100 valence electrons. The van der Waals surface area contributed by atoms with Crippen molar-refractivity contribution in [2.24, 2.45) is 5.92 Å². The van der Waals surface area contributed by atoms with Crippen LogP contribution in [0.4, 0.5) is 11.5 Å². The minimum absolute atomic E-state index is 0.0415. The molecule has 8 heteroatoms. The summed E-state index contributed by atoms with van der Waals surface area (Å²) in [6, 6.07) is 1.31. The van der Waals surface area contributed by atoms with Crippen molar-refractivity contribution in [2.45, 2.75) is 13.3 Å². The summed E-state index contributed by atoms with van der Waals surface area (Å²) in [6.45, 7) is 1.64. The van der Waals surface area contributed by atoms with Crippen LogP contribution in [0.2, 0.25) is 0 Å². The number of nitro groups is 1. The number of carbonyl (C=O) groups excluding carboxylic acids is 1. The predicted molar refractivity (Wildman–Crippen MR) is 63.7 cm³/mol. The molecular weight excluding hydrogens is 254 g/mol. The Labute approximate surface area is 107 Å². The van der Waals surface area contributed by atoms with Gasteiger partial charge >= 0.3 is 5.97 Å². The standard InChI is InChI=1S/C11H11N3O5/c1-6-2-8(14(18)19)4-12-10(6)13-5-7(11(16)17)3-9(13)15/h2,4,7H,3,5H2,1H3,(H,16,17). The van der Waals surface area contributed by atoms with Crippen LogP contribution in [-0.4, -0.2) is 33.4 Å². The van der Waals surface area contributed by atoms with Gasteiger partial charge in [0.2, 0.25) is 5.91 Å². The molecule has 0 saturated carbocycles. The molecule has 8 nitrogen and oxygen atoms in total. The minimum Gasteiger partial charge on any atom is -0.481 e. The van der Waals surface area contributed by atoms with E-state index >= 15 is 0 Å². The lowest BCUT2D eigenvalue weighted by molar-refractivity contribution is -0.385. The van der Waals surface area contributed by atoms with Crippen molar-refractivity contribution in [3.63, 3.8) is 0 Å². The summed E-state index contributed by atoms with van der Waals surface area (Å²) in [5.74, 6) is -1.85. The highest BCUT2D eigenvalue weighted by Gasteiger charge is 2.36. The normalized spacial score (nSPS) is 18.7. The zero-order chi connectivity index (χ0) is 14.2. The van der Waals surface area contributed by atoms with E-state index in [1.165, 1.54) is 11.0 Å². The second kappa shape index (κ2) is 4.63. The molecule has 1 amide bonds. The number of aliphatic carboxylic acids is 1. The monoisotopic (exact) mass is 265 g/mol. The lowest BCUT2D eigenvalue weighted by Crippen LogP contribution is -2.27. The Kier molecular flexibility index (Phi) is 3.16. The summed E-state index contributed by atoms with van der Waals surface area (Å²) in [4.78, 5) is 37.8. The van der Waals surface area contributed by atoms with E-state index in [1.807, 2.05) is 0 Å². The van der Waals surface area contributed by atoms with Crippen molar-refractivity contribution in [1.29, 1.82) is 0 Å². The van der Waals surface area contributed by atoms with Gasteiger partial charge < -0.3 is 5.11 Å². The van der Waals surface area contributed by atoms with Gasteiger partial charge in [0.15, 0.2) is 0 Å². The number of aryl methyl sites for hydroxylation is 1. The first-order valence-corrected chi connectivity index (χ1v) is 5.54. The molecule has 0 radical (unpaired) electrons. The molecule has 1 unspecified atom stereocenters. The molecule has 0 spiro atoms. The number of hydrogen-bond acceptors (Lipinski definition) is 5. The Morgan fingerprint density at radius 1 is 1.63 bits per heavy atom. The summed E-state index contributed by atoms with van der Waals surface area (Å²) in [5, 5.41) is 19.5. The van der Waals surface area contributed by atoms with Crippen LogP contribution in [0, 0.1) is 23.0 Å². The second-order valence-electron chi connectivity index (χ2n) is 4.33. The Morgan fingerprint density at radius 3 is 2.79 bits per heavy atom. The Morgan fingerprint density at radius 2 is 2.32 bits per heavy atom. The van der Waals surface area contributed by atoms with Crippen LogP contribution in [0.3, 0.4) is 0 Å². The van der Waals surface area contributed by atoms with E-state index in [0.717, 1.165) is 6.20 Å². The maximum atomic E-state index is 11.7. The van der Waals surface area contributed by atoms with Crippen LogP contribution in [0.5, 0.6) is 0 Å². The van der Waals surface area contributed by atoms with E-state index < -0.39 is 16.8 Å². The second-order valence-corrected chi connectivity index (χ2v) is 4.33. The molecule has 1 aliphatic rings. The first kappa shape index (κ1) is 12.9. The molecule has 1 N–H and O–H groups in total. The quantitative estimate of drug-likeness (QED) is 0.636. The number of anilines is 1. The maximum Gasteiger partial charge on any atom is 0.308 e. The van der Waals surface area contributed by atoms with E-state index in [-0.39, 0.29) is 30.4 Å². The van der Waals surface area contributed by atoms with Gasteiger partial charge in [-0.3, -0.25) is 24.6 Å². The third-order valence-electron chi connectivity index (χ3n) is 2.98. The van der Waals surface area contributed by atoms with Gasteiger partial charge in [0.05, 0.1) is 10.8 Å². The van der Waals surface area contributed by atoms with Crippen molar-refractivity contribution in [3.05, 3.63) is 27.9 Å². The van der Waals surface area contributed by atoms with Crippen molar-refractivity contribution < 1.29 is 19.6 Å². The summed E-state index contributed by atoms with van der Waals surface area (Å²) in [5.41, 5.74) is 0.302. The maximum absolute atomic E-state index is 11.7. The summed E-state index contributed by atoms with van der Waals surface area (Å²) >= 11 is 0. The lowest BCUT2D eigenvalue weighted by atomic mass is 10.1. The smallest absolute Gasteiger partial charge is 0.308 e. The van der Waals surface area contributed by atoms with Crippen molar-refractivity contribution in [2.75, 3.05) is 11.4 Å². The predicted octanol–water partition coefficient (Wildman–Crippen LogP) is 0.736. The molecule has 0 aliphatic carbocycles. The highest BCUT2D eigenvalue weighted by Crippen LogP contribution is 2.27. The van der Waals surface area contributed by atoms with Gasteiger partial charge in [0, 0.05) is 19.0 Å². The molecule has 1 aromatic heterocycles. The number of carboxylic acids is 1. The largest absolute Gasteiger partial charge is 0.481 e. The highest BCUT2D eigenvalue weighted by molar-refractivity contribution is 5.99. The molecule has 0 aromatic carbocycles. The SMILES string of the molecule is Cc1cc([N+](=O)[O-])cnc1N1CC(C(=O)O)CC1=O. The minimum atomic E-state index is -1.03. The molecule has 2 heterocycles. The fourth-order valence-electron chi connectivity index (χ4n) is 2.01. The van der Waals surface area contributed by atoms with Gasteiger partial charge in [0.25, 0.3) is 5.69 Å². The van der Waals surface area contributed by atoms with E-state index in [1.54, 1.807) is 6.92 Å². The van der Waals surface area contributed by atoms with Crippen LogP contribution >= 0.6 is 0 Å². The molecule has 2 rings (SSSR count). The number of aromatic nitrogens is 1. The Hall–Kier alpha value is -2.51. The van der Waals surface area contributed by atoms with Crippen molar-refractivity contribution in [3.8, 4) is 0 Å². The molecule has 1 aliphatic heterocycles. The molecule has 1 saturated heterocycles. The molecule has 1 atom stereocenters. The molecule has 0 bridgehead atoms. The molecular formula is C11H11N3O5. The fourth-order valence-corrected chi connectivity index (χ4v) is 2.01. The van der Waals surface area contributed by atoms with Crippen LogP contribution in [0.25, 0.3) is 0 Å². The highest BCUT2D eigenvalue weighted by atomic mass is 16.6. The van der Waals surface area contributed by atoms with Crippen LogP contribution < -0.4 is 4.90 Å². The molecule has 1 fully saturated rings. The van der Waals surface area contributed by atoms with E-state index in [4.69, 9.17) is 5.11 Å². The summed E-state index contributed by atoms with van der Waals surface area (Å²) < 4.78 is 0. The average molecular weight is 265 g/mol. The summed E-state index contributed by atoms with van der Waals surface area (Å²) in [6.07, 6.45) is 0.983. The number of carbonyl (C=O) groups is 2. The molecule has 1 aromatic rings. The van der Waals surface area contributed by atoms with Crippen molar-refractivity contribution in [1.82, 2.24) is 4.98 Å². The van der Waals surface area contributed by atoms with Gasteiger partial charge in [-0.05, 0) is 12.5 Å². The third kappa shape index (κ3) is 2.37. The zero-order valence-electron chi connectivity index (χ0n) is 10.1. The van der Waals surface area contributed by atoms with E-state index in [9.17, 15) is 19.7 Å². The van der Waals surface area contributed by atoms with Gasteiger partial charge in [-0.25, -0.2) is 4.98 Å². The average Bonchev–Trinajstić information content (AvgIpc) is 2.71. The number of pyridine rings is 1. The van der Waals surface area contributed by atoms with Gasteiger partial charge in [-0.1, -0.05) is 0 Å². The first-order valence-electron chi connectivity index (χ1n) is 5.54. The number of nitrogens with zero attached hydrogens (tertiary/aromatic N) is 3. The molecule has 19 heavy (non-hydrogen) atoms. The van der Waals surface area contributed by atoms with Crippen molar-refractivity contribution >= 4 is 23.4 Å². The van der Waals surface area contributed by atoms with E-state index in [2.05, 4.69) is 4.98 Å². The van der Waals surface area contributed by atoms with Crippen LogP contribution in [0.15, 0.2) is 12.3 Å². The number of hydrogen-bond donors (Lipinski definition) is 1. The number of rotatable bonds is 3. The lowest BCUT2D eigenvalue weighted by Gasteiger charge is -2.16. The van der Waals surface area contributed by atoms with Gasteiger partial charge in [-0.2, -0.15) is 0 Å². The van der Waals surface area contributed by atoms with Crippen LogP contribution in [0.1, 0.15) is 12.0 Å². The first-order chi connectivity index (χ1) is 8.90. The Bertz CT molecular complexity index is 571. The Balaban J connectivity index is 2.30. The summed E-state index contributed by atoms with van der Waals surface area (Å²) in [7, 11) is 0. The number of carboxylic acid groups (broad SMARTS) is 1. The topological polar surface area (TPSA) is 114 Å². The van der Waals surface area contributed by atoms with Gasteiger partial charge in [0.1, 0.15) is 12.0 Å². The fraction of sp³-hybridized carbons (Fsp3) is 0.364. The van der Waals surface area contributed by atoms with E-state index in [0.29, 0.717) is 5.56 Å². The van der Waals surface area contributed by atoms with Gasteiger partial charge in [-0.15, -0.1) is 0 Å².